The molecule has 3 aromatic rings. The molecule has 33 heavy (non-hydrogen) atoms. The van der Waals surface area contributed by atoms with Gasteiger partial charge in [-0.2, -0.15) is 0 Å². The van der Waals surface area contributed by atoms with E-state index in [9.17, 15) is 14.0 Å². The summed E-state index contributed by atoms with van der Waals surface area (Å²) in [6.45, 7) is 0.780. The monoisotopic (exact) mass is 455 g/mol. The molecule has 0 saturated carbocycles. The third kappa shape index (κ3) is 4.57. The van der Waals surface area contributed by atoms with Gasteiger partial charge in [-0.05, 0) is 30.2 Å². The summed E-state index contributed by atoms with van der Waals surface area (Å²) < 4.78 is 29.6. The van der Waals surface area contributed by atoms with E-state index in [1.807, 2.05) is 6.20 Å². The minimum atomic E-state index is -0.475. The maximum atomic E-state index is 13.6. The first-order chi connectivity index (χ1) is 15.9. The number of aromatic nitrogens is 1. The van der Waals surface area contributed by atoms with Crippen molar-refractivity contribution < 1.29 is 28.2 Å². The molecule has 0 radical (unpaired) electrons. The average Bonchev–Trinajstić information content (AvgIpc) is 3.39. The van der Waals surface area contributed by atoms with Crippen molar-refractivity contribution in [3.63, 3.8) is 0 Å². The molecule has 2 aromatic carbocycles. The number of aromatic amines is 1. The molecule has 0 spiro atoms. The zero-order valence-electron chi connectivity index (χ0n) is 18.7. The van der Waals surface area contributed by atoms with Crippen LogP contribution in [0.15, 0.2) is 36.5 Å². The number of hydrogen-bond acceptors (Lipinski definition) is 5. The molecule has 4 rings (SSSR count). The lowest BCUT2D eigenvalue weighted by molar-refractivity contribution is -0.128. The maximum Gasteiger partial charge on any atom is 0.229 e. The lowest BCUT2D eigenvalue weighted by Gasteiger charge is -2.17. The van der Waals surface area contributed by atoms with Crippen LogP contribution in [-0.4, -0.2) is 56.1 Å². The van der Waals surface area contributed by atoms with E-state index in [1.165, 1.54) is 33.5 Å². The Labute approximate surface area is 190 Å². The van der Waals surface area contributed by atoms with Crippen LogP contribution < -0.4 is 19.5 Å². The van der Waals surface area contributed by atoms with Crippen molar-refractivity contribution >= 4 is 28.4 Å². The molecular formula is C24H26FN3O5. The van der Waals surface area contributed by atoms with Gasteiger partial charge in [-0.1, -0.05) is 0 Å². The van der Waals surface area contributed by atoms with E-state index in [2.05, 4.69) is 10.3 Å². The van der Waals surface area contributed by atoms with Crippen LogP contribution in [0, 0.1) is 11.7 Å². The van der Waals surface area contributed by atoms with Gasteiger partial charge in [0.05, 0.1) is 27.2 Å². The number of fused-ring (bicyclic) bond motifs is 1. The fourth-order valence-corrected chi connectivity index (χ4v) is 4.17. The highest BCUT2D eigenvalue weighted by molar-refractivity contribution is 5.97. The third-order valence-electron chi connectivity index (χ3n) is 5.90. The number of likely N-dealkylation sites (tertiary alicyclic amines) is 1. The highest BCUT2D eigenvalue weighted by Crippen LogP contribution is 2.40. The summed E-state index contributed by atoms with van der Waals surface area (Å²) in [4.78, 5) is 30.2. The van der Waals surface area contributed by atoms with Gasteiger partial charge < -0.3 is 29.4 Å². The quantitative estimate of drug-likeness (QED) is 0.543. The molecule has 1 unspecified atom stereocenters. The van der Waals surface area contributed by atoms with Crippen LogP contribution in [0.1, 0.15) is 12.0 Å². The van der Waals surface area contributed by atoms with Gasteiger partial charge in [0.25, 0.3) is 0 Å². The van der Waals surface area contributed by atoms with Crippen molar-refractivity contribution in [2.45, 2.75) is 12.8 Å². The molecule has 0 aliphatic carbocycles. The summed E-state index contributed by atoms with van der Waals surface area (Å²) in [7, 11) is 4.50. The fourth-order valence-electron chi connectivity index (χ4n) is 4.17. The first-order valence-electron chi connectivity index (χ1n) is 10.6. The number of methoxy groups -OCH3 is 3. The molecule has 0 bridgehead atoms. The number of H-pyrrole nitrogens is 1. The molecule has 174 valence electrons. The molecule has 9 heteroatoms. The number of carbonyl (C=O) groups excluding carboxylic acids is 2. The number of ether oxygens (including phenoxy) is 3. The average molecular weight is 455 g/mol. The Hall–Kier alpha value is -3.75. The summed E-state index contributed by atoms with van der Waals surface area (Å²) in [6, 6.07) is 7.87. The minimum absolute atomic E-state index is 0.0777. The summed E-state index contributed by atoms with van der Waals surface area (Å²) in [5.41, 5.74) is 2.27. The number of benzene rings is 2. The van der Waals surface area contributed by atoms with Crippen molar-refractivity contribution in [2.75, 3.05) is 39.7 Å². The van der Waals surface area contributed by atoms with Crippen LogP contribution >= 0.6 is 0 Å². The highest BCUT2D eigenvalue weighted by Gasteiger charge is 2.34. The Bertz CT molecular complexity index is 1170. The summed E-state index contributed by atoms with van der Waals surface area (Å²) in [5, 5.41) is 3.65. The van der Waals surface area contributed by atoms with E-state index in [-0.39, 0.29) is 24.1 Å². The second-order valence-corrected chi connectivity index (χ2v) is 7.90. The Morgan fingerprint density at radius 3 is 2.55 bits per heavy atom. The van der Waals surface area contributed by atoms with Crippen LogP contribution in [0.25, 0.3) is 10.9 Å². The lowest BCUT2D eigenvalue weighted by Crippen LogP contribution is -2.30. The van der Waals surface area contributed by atoms with Crippen LogP contribution in [0.3, 0.4) is 0 Å². The highest BCUT2D eigenvalue weighted by atomic mass is 19.1. The number of nitrogens with zero attached hydrogens (tertiary/aromatic N) is 1. The number of hydrogen-bond donors (Lipinski definition) is 2. The predicted molar refractivity (Wildman–Crippen MR) is 121 cm³/mol. The summed E-state index contributed by atoms with van der Waals surface area (Å²) >= 11 is 0. The van der Waals surface area contributed by atoms with Gasteiger partial charge in [0.15, 0.2) is 11.5 Å². The molecule has 1 aromatic heterocycles. The number of carbonyl (C=O) groups is 2. The normalized spacial score (nSPS) is 15.7. The van der Waals surface area contributed by atoms with Crippen LogP contribution in [0.5, 0.6) is 17.2 Å². The molecule has 2 amide bonds. The molecule has 1 saturated heterocycles. The number of rotatable bonds is 8. The van der Waals surface area contributed by atoms with E-state index < -0.39 is 5.92 Å². The smallest absolute Gasteiger partial charge is 0.229 e. The Morgan fingerprint density at radius 2 is 1.88 bits per heavy atom. The van der Waals surface area contributed by atoms with Gasteiger partial charge in [-0.15, -0.1) is 0 Å². The molecule has 2 heterocycles. The number of nitrogens with one attached hydrogen (secondary N) is 2. The van der Waals surface area contributed by atoms with E-state index in [1.54, 1.807) is 23.1 Å². The second kappa shape index (κ2) is 9.40. The molecule has 1 aliphatic rings. The molecule has 8 nitrogen and oxygen atoms in total. The van der Waals surface area contributed by atoms with Crippen LogP contribution in [0.4, 0.5) is 10.1 Å². The molecule has 2 N–H and O–H groups in total. The second-order valence-electron chi connectivity index (χ2n) is 7.90. The predicted octanol–water partition coefficient (Wildman–Crippen LogP) is 3.36. The molecule has 1 fully saturated rings. The van der Waals surface area contributed by atoms with E-state index in [4.69, 9.17) is 14.2 Å². The summed E-state index contributed by atoms with van der Waals surface area (Å²) in [6.07, 6.45) is 2.54. The van der Waals surface area contributed by atoms with Crippen molar-refractivity contribution in [1.82, 2.24) is 9.88 Å². The van der Waals surface area contributed by atoms with Gasteiger partial charge in [0.2, 0.25) is 17.6 Å². The van der Waals surface area contributed by atoms with E-state index in [0.717, 1.165) is 16.5 Å². The number of anilines is 1. The van der Waals surface area contributed by atoms with Crippen molar-refractivity contribution in [3.05, 3.63) is 47.9 Å². The minimum Gasteiger partial charge on any atom is -0.493 e. The zero-order valence-corrected chi connectivity index (χ0v) is 18.7. The van der Waals surface area contributed by atoms with Gasteiger partial charge in [0, 0.05) is 54.4 Å². The van der Waals surface area contributed by atoms with Crippen LogP contribution in [-0.2, 0) is 16.0 Å². The van der Waals surface area contributed by atoms with E-state index >= 15 is 0 Å². The fraction of sp³-hybridized carbons (Fsp3) is 0.333. The van der Waals surface area contributed by atoms with Crippen molar-refractivity contribution in [2.24, 2.45) is 5.92 Å². The SMILES string of the molecule is COc1cc(NC(=O)C2CC(=O)N(CCc3c[nH]c4ccc(F)cc34)C2)cc(OC)c1OC. The summed E-state index contributed by atoms with van der Waals surface area (Å²) in [5.74, 6) is 0.164. The van der Waals surface area contributed by atoms with Crippen LogP contribution in [0.2, 0.25) is 0 Å². The van der Waals surface area contributed by atoms with Gasteiger partial charge in [0.1, 0.15) is 5.82 Å². The van der Waals surface area contributed by atoms with Gasteiger partial charge in [-0.3, -0.25) is 9.59 Å². The van der Waals surface area contributed by atoms with Gasteiger partial charge >= 0.3 is 0 Å². The first kappa shape index (κ1) is 22.4. The standard InChI is InChI=1S/C24H26FN3O5/c1-31-20-10-17(11-21(32-2)23(20)33-3)27-24(30)15-8-22(29)28(13-15)7-6-14-12-26-19-5-4-16(25)9-18(14)19/h4-5,9-12,15,26H,6-8,13H2,1-3H3,(H,27,30). The molecule has 1 atom stereocenters. The first-order valence-corrected chi connectivity index (χ1v) is 10.6. The number of amides is 2. The zero-order chi connectivity index (χ0) is 23.5. The molecule has 1 aliphatic heterocycles. The van der Waals surface area contributed by atoms with Gasteiger partial charge in [-0.25, -0.2) is 4.39 Å². The van der Waals surface area contributed by atoms with Crippen molar-refractivity contribution in [3.8, 4) is 17.2 Å². The van der Waals surface area contributed by atoms with Crippen molar-refractivity contribution in [1.29, 1.82) is 0 Å². The lowest BCUT2D eigenvalue weighted by atomic mass is 10.1. The van der Waals surface area contributed by atoms with E-state index in [0.29, 0.717) is 42.4 Å². The Balaban J connectivity index is 1.40. The molecular weight excluding hydrogens is 429 g/mol. The topological polar surface area (TPSA) is 92.9 Å². The third-order valence-corrected chi connectivity index (χ3v) is 5.90. The number of halogens is 1. The maximum absolute atomic E-state index is 13.6. The Kier molecular flexibility index (Phi) is 6.39. The largest absolute Gasteiger partial charge is 0.493 e. The Morgan fingerprint density at radius 1 is 1.15 bits per heavy atom.